The van der Waals surface area contributed by atoms with Gasteiger partial charge in [0.1, 0.15) is 12.6 Å². The van der Waals surface area contributed by atoms with Gasteiger partial charge in [-0.1, -0.05) is 162 Å². The van der Waals surface area contributed by atoms with E-state index < -0.39 is 6.04 Å². The number of nitrogens with one attached hydrogen (secondary N) is 3. The Kier molecular flexibility index (Phi) is 44.0. The second kappa shape index (κ2) is 45.3. The molecule has 0 aromatic heterocycles. The second-order valence-electron chi connectivity index (χ2n) is 18.3. The highest BCUT2D eigenvalue weighted by atomic mass is 16.5. The van der Waals surface area contributed by atoms with Crippen molar-refractivity contribution in [2.75, 3.05) is 73.3 Å². The van der Waals surface area contributed by atoms with Gasteiger partial charge in [0.2, 0.25) is 17.7 Å². The lowest BCUT2D eigenvalue weighted by Crippen LogP contribution is -2.47. The van der Waals surface area contributed by atoms with Crippen LogP contribution in [0.5, 0.6) is 0 Å². The van der Waals surface area contributed by atoms with E-state index in [1.165, 1.54) is 148 Å². The molecule has 0 aromatic carbocycles. The molecule has 0 spiro atoms. The fourth-order valence-electron chi connectivity index (χ4n) is 7.67. The summed E-state index contributed by atoms with van der Waals surface area (Å²) in [6.45, 7) is 10.5. The number of likely N-dealkylation sites (N-methyl/N-ethyl adjacent to an activating group) is 1. The number of unbranched alkanes of at least 4 members (excludes halogenated alkanes) is 25. The summed E-state index contributed by atoms with van der Waals surface area (Å²) in [5, 5.41) is 18.1. The number of ether oxygens (including phenoxy) is 2. The Labute approximate surface area is 371 Å². The quantitative estimate of drug-likeness (QED) is 0.0357. The van der Waals surface area contributed by atoms with Crippen LogP contribution in [0.15, 0.2) is 0 Å². The van der Waals surface area contributed by atoms with Crippen LogP contribution in [0, 0.1) is 0 Å². The van der Waals surface area contributed by atoms with Crippen LogP contribution in [-0.2, 0) is 23.9 Å². The summed E-state index contributed by atoms with van der Waals surface area (Å²) in [6, 6.07) is -0.735. The van der Waals surface area contributed by atoms with Crippen molar-refractivity contribution in [2.24, 2.45) is 0 Å². The van der Waals surface area contributed by atoms with Crippen molar-refractivity contribution in [2.45, 2.75) is 232 Å². The Morgan fingerprint density at radius 1 is 0.467 bits per heavy atom. The topological polar surface area (TPSA) is 126 Å². The summed E-state index contributed by atoms with van der Waals surface area (Å²) in [6.07, 6.45) is 37.3. The van der Waals surface area contributed by atoms with Gasteiger partial charge in [-0.2, -0.15) is 0 Å². The first-order chi connectivity index (χ1) is 29.3. The molecule has 3 amide bonds. The zero-order chi connectivity index (χ0) is 44.0. The summed E-state index contributed by atoms with van der Waals surface area (Å²) in [5.74, 6) is -0.464. The van der Waals surface area contributed by atoms with E-state index in [2.05, 4.69) is 43.9 Å². The minimum Gasteiger partial charge on any atom is -0.391 e. The van der Waals surface area contributed by atoms with Crippen LogP contribution in [-0.4, -0.2) is 107 Å². The molecular formula is C50H101N4O6+. The summed E-state index contributed by atoms with van der Waals surface area (Å²) in [4.78, 5) is 38.9. The number of nitrogens with zero attached hydrogens (tertiary/aromatic N) is 1. The minimum absolute atomic E-state index is 0.106. The van der Waals surface area contributed by atoms with E-state index in [0.717, 1.165) is 69.3 Å². The minimum atomic E-state index is -0.735. The van der Waals surface area contributed by atoms with Gasteiger partial charge in [-0.15, -0.1) is 0 Å². The van der Waals surface area contributed by atoms with E-state index in [0.29, 0.717) is 39.1 Å². The van der Waals surface area contributed by atoms with Gasteiger partial charge in [-0.25, -0.2) is 0 Å². The average molecular weight is 854 g/mol. The van der Waals surface area contributed by atoms with E-state index in [1.54, 1.807) is 0 Å². The summed E-state index contributed by atoms with van der Waals surface area (Å²) in [5.41, 5.74) is 0. The highest BCUT2D eigenvalue weighted by molar-refractivity contribution is 5.88. The number of amides is 3. The Morgan fingerprint density at radius 2 is 0.867 bits per heavy atom. The van der Waals surface area contributed by atoms with Gasteiger partial charge in [-0.05, 0) is 51.4 Å². The molecule has 0 aromatic rings. The van der Waals surface area contributed by atoms with Gasteiger partial charge >= 0.3 is 0 Å². The fourth-order valence-corrected chi connectivity index (χ4v) is 7.67. The molecule has 0 aliphatic heterocycles. The monoisotopic (exact) mass is 854 g/mol. The largest absolute Gasteiger partial charge is 0.391 e. The van der Waals surface area contributed by atoms with Crippen LogP contribution in [0.4, 0.5) is 0 Å². The third kappa shape index (κ3) is 42.9. The molecule has 4 N–H and O–H groups in total. The Hall–Kier alpha value is -1.75. The molecule has 60 heavy (non-hydrogen) atoms. The predicted molar refractivity (Wildman–Crippen MR) is 252 cm³/mol. The maximum atomic E-state index is 13.2. The number of hydrogen-bond acceptors (Lipinski definition) is 6. The van der Waals surface area contributed by atoms with Gasteiger partial charge in [0.05, 0.1) is 27.2 Å². The van der Waals surface area contributed by atoms with Gasteiger partial charge in [0.15, 0.2) is 0 Å². The van der Waals surface area contributed by atoms with Crippen molar-refractivity contribution in [1.29, 1.82) is 0 Å². The molecule has 0 rings (SSSR count). The molecule has 0 saturated heterocycles. The van der Waals surface area contributed by atoms with E-state index in [9.17, 15) is 19.5 Å². The Bertz CT molecular complexity index is 952. The van der Waals surface area contributed by atoms with Crippen molar-refractivity contribution in [3.63, 3.8) is 0 Å². The normalized spacial score (nSPS) is 12.2. The molecule has 0 aliphatic rings. The van der Waals surface area contributed by atoms with Gasteiger partial charge in [0.25, 0.3) is 0 Å². The number of carbonyl (C=O) groups is 3. The third-order valence-electron chi connectivity index (χ3n) is 11.8. The SMILES string of the molecule is CCCCCCCCCCCCOCCCNC(=O)CC[C@H](NC(=O)CCCCCCCCCC[N+](C)(C)CCO)C(=O)NCCCOCCCCCCCCCCCC. The van der Waals surface area contributed by atoms with Crippen molar-refractivity contribution in [1.82, 2.24) is 16.0 Å². The van der Waals surface area contributed by atoms with E-state index in [1.807, 2.05) is 0 Å². The number of hydrogen-bond donors (Lipinski definition) is 4. The third-order valence-corrected chi connectivity index (χ3v) is 11.8. The number of quaternary nitrogens is 1. The standard InChI is InChI=1S/C50H100N4O6/c1-5-7-9-11-13-15-19-23-27-31-43-59-45-33-38-51-48(56)37-36-47(50(58)52-39-34-46-60-44-32-28-24-20-16-14-12-10-8-6-2)53-49(57)35-29-25-21-17-18-22-26-30-40-54(3,4)41-42-55/h47,55H,5-46H2,1-4H3,(H2-,51,52,53,56,57,58)/p+1/t47-/m0/s1. The Balaban J connectivity index is 4.37. The molecule has 0 bridgehead atoms. The number of carbonyl (C=O) groups excluding carboxylic acids is 3. The van der Waals surface area contributed by atoms with Crippen molar-refractivity contribution in [3.05, 3.63) is 0 Å². The maximum absolute atomic E-state index is 13.2. The van der Waals surface area contributed by atoms with Gasteiger partial charge in [0, 0.05) is 52.4 Å². The highest BCUT2D eigenvalue weighted by Gasteiger charge is 2.21. The van der Waals surface area contributed by atoms with E-state index in [-0.39, 0.29) is 37.2 Å². The molecule has 0 unspecified atom stereocenters. The first-order valence-electron chi connectivity index (χ1n) is 25.7. The zero-order valence-corrected chi connectivity index (χ0v) is 40.2. The van der Waals surface area contributed by atoms with Crippen LogP contribution in [0.2, 0.25) is 0 Å². The highest BCUT2D eigenvalue weighted by Crippen LogP contribution is 2.13. The maximum Gasteiger partial charge on any atom is 0.242 e. The van der Waals surface area contributed by atoms with Crippen LogP contribution in [0.1, 0.15) is 226 Å². The number of aliphatic hydroxyl groups excluding tert-OH is 1. The lowest BCUT2D eigenvalue weighted by atomic mass is 10.1. The summed E-state index contributed by atoms with van der Waals surface area (Å²) >= 11 is 0. The molecule has 0 heterocycles. The smallest absolute Gasteiger partial charge is 0.242 e. The second-order valence-corrected chi connectivity index (χ2v) is 18.3. The molecule has 0 saturated carbocycles. The fraction of sp³-hybridized carbons (Fsp3) is 0.940. The molecule has 0 fully saturated rings. The number of rotatable bonds is 48. The molecule has 356 valence electrons. The van der Waals surface area contributed by atoms with Gasteiger partial charge in [-0.3, -0.25) is 14.4 Å². The first kappa shape index (κ1) is 58.2. The lowest BCUT2D eigenvalue weighted by molar-refractivity contribution is -0.890. The van der Waals surface area contributed by atoms with E-state index >= 15 is 0 Å². The molecule has 0 aliphatic carbocycles. The van der Waals surface area contributed by atoms with Crippen LogP contribution in [0.3, 0.4) is 0 Å². The van der Waals surface area contributed by atoms with E-state index in [4.69, 9.17) is 9.47 Å². The zero-order valence-electron chi connectivity index (χ0n) is 40.2. The van der Waals surface area contributed by atoms with Crippen molar-refractivity contribution in [3.8, 4) is 0 Å². The molecule has 1 atom stereocenters. The predicted octanol–water partition coefficient (Wildman–Crippen LogP) is 10.7. The first-order valence-corrected chi connectivity index (χ1v) is 25.7. The molecule has 10 nitrogen and oxygen atoms in total. The molecule has 0 radical (unpaired) electrons. The average Bonchev–Trinajstić information content (AvgIpc) is 3.22. The summed E-state index contributed by atoms with van der Waals surface area (Å²) in [7, 11) is 4.35. The Morgan fingerprint density at radius 3 is 1.33 bits per heavy atom. The van der Waals surface area contributed by atoms with Crippen LogP contribution >= 0.6 is 0 Å². The van der Waals surface area contributed by atoms with Crippen LogP contribution < -0.4 is 16.0 Å². The number of aliphatic hydroxyl groups is 1. The van der Waals surface area contributed by atoms with Gasteiger partial charge < -0.3 is 35.0 Å². The lowest BCUT2D eigenvalue weighted by Gasteiger charge is -2.28. The molecule has 10 heteroatoms. The molecular weight excluding hydrogens is 753 g/mol. The van der Waals surface area contributed by atoms with Crippen molar-refractivity contribution >= 4 is 17.7 Å². The summed E-state index contributed by atoms with van der Waals surface area (Å²) < 4.78 is 12.5. The van der Waals surface area contributed by atoms with Crippen LogP contribution in [0.25, 0.3) is 0 Å². The van der Waals surface area contributed by atoms with Crippen molar-refractivity contribution < 1.29 is 33.4 Å².